The summed E-state index contributed by atoms with van der Waals surface area (Å²) in [4.78, 5) is 0. The van der Waals surface area contributed by atoms with Crippen LogP contribution in [0.25, 0.3) is 0 Å². The molecule has 2 unspecified atom stereocenters. The lowest BCUT2D eigenvalue weighted by Crippen LogP contribution is -2.46. The third kappa shape index (κ3) is 3.72. The summed E-state index contributed by atoms with van der Waals surface area (Å²) in [5, 5.41) is 15.5. The summed E-state index contributed by atoms with van der Waals surface area (Å²) in [6.45, 7) is 1.27. The van der Waals surface area contributed by atoms with E-state index in [1.165, 1.54) is 90.0 Å². The van der Waals surface area contributed by atoms with Crippen molar-refractivity contribution < 1.29 is 0 Å². The van der Waals surface area contributed by atoms with Gasteiger partial charge in [0.05, 0.1) is 12.1 Å². The lowest BCUT2D eigenvalue weighted by atomic mass is 9.85. The highest BCUT2D eigenvalue weighted by atomic mass is 15.6. The van der Waals surface area contributed by atoms with Crippen LogP contribution in [-0.2, 0) is 0 Å². The minimum Gasteiger partial charge on any atom is -0.314 e. The summed E-state index contributed by atoms with van der Waals surface area (Å²) >= 11 is 0. The number of hydrogen-bond donors (Lipinski definition) is 1. The molecule has 0 aromatic carbocycles. The minimum absolute atomic E-state index is 0.519. The largest absolute Gasteiger partial charge is 0.314 e. The van der Waals surface area contributed by atoms with Crippen molar-refractivity contribution in [2.24, 2.45) is 16.3 Å². The first kappa shape index (κ1) is 15.9. The van der Waals surface area contributed by atoms with E-state index < -0.39 is 0 Å². The Kier molecular flexibility index (Phi) is 5.17. The zero-order valence-electron chi connectivity index (χ0n) is 14.6. The Morgan fingerprint density at radius 3 is 2.35 bits per heavy atom. The molecule has 1 aliphatic heterocycles. The maximum atomic E-state index is 4.59. The van der Waals surface area contributed by atoms with Crippen molar-refractivity contribution >= 4 is 0 Å². The van der Waals surface area contributed by atoms with Gasteiger partial charge in [0, 0.05) is 12.1 Å². The number of nitrogens with one attached hydrogen (secondary N) is 1. The Morgan fingerprint density at radius 2 is 1.52 bits per heavy atom. The molecule has 0 aromatic rings. The molecule has 0 amide bonds. The molecule has 2 atom stereocenters. The van der Waals surface area contributed by atoms with Crippen LogP contribution < -0.4 is 5.32 Å². The van der Waals surface area contributed by atoms with Crippen LogP contribution in [0.4, 0.5) is 0 Å². The molecule has 4 rings (SSSR count). The Bertz CT molecular complexity index is 396. The first-order chi connectivity index (χ1) is 11.4. The number of hydrogen-bond acceptors (Lipinski definition) is 4. The van der Waals surface area contributed by atoms with Crippen molar-refractivity contribution in [2.75, 3.05) is 6.54 Å². The third-order valence-electron chi connectivity index (χ3n) is 6.83. The monoisotopic (exact) mass is 318 g/mol. The molecule has 4 heteroatoms. The van der Waals surface area contributed by atoms with Crippen LogP contribution in [0.3, 0.4) is 0 Å². The van der Waals surface area contributed by atoms with Gasteiger partial charge in [0.2, 0.25) is 0 Å². The molecule has 1 N–H and O–H groups in total. The zero-order chi connectivity index (χ0) is 15.5. The average Bonchev–Trinajstić information content (AvgIpc) is 3.05. The maximum absolute atomic E-state index is 4.59. The number of rotatable bonds is 4. The van der Waals surface area contributed by atoms with Crippen molar-refractivity contribution in [3.05, 3.63) is 0 Å². The zero-order valence-corrected chi connectivity index (χ0v) is 14.6. The standard InChI is InChI=1S/C19H34N4/c1-2-6-15(7-3-1)14-20-16-10-12-17(13-11-16)23-19-9-5-4-8-18(19)21-22-23/h15-20H,1-14H2. The van der Waals surface area contributed by atoms with Crippen molar-refractivity contribution in [1.82, 2.24) is 10.3 Å². The summed E-state index contributed by atoms with van der Waals surface area (Å²) in [7, 11) is 0. The number of nitrogens with zero attached hydrogens (tertiary/aromatic N) is 3. The van der Waals surface area contributed by atoms with E-state index in [4.69, 9.17) is 0 Å². The van der Waals surface area contributed by atoms with Gasteiger partial charge in [-0.2, -0.15) is 5.11 Å². The van der Waals surface area contributed by atoms with E-state index in [1.807, 2.05) is 0 Å². The fourth-order valence-electron chi connectivity index (χ4n) is 5.34. The summed E-state index contributed by atoms with van der Waals surface area (Å²) in [6, 6.07) is 2.58. The van der Waals surface area contributed by atoms with Crippen LogP contribution in [0.2, 0.25) is 0 Å². The second-order valence-electron chi connectivity index (χ2n) is 8.42. The van der Waals surface area contributed by atoms with Crippen LogP contribution in [0.15, 0.2) is 10.3 Å². The second kappa shape index (κ2) is 7.50. The van der Waals surface area contributed by atoms with Gasteiger partial charge in [-0.15, -0.1) is 0 Å². The van der Waals surface area contributed by atoms with Gasteiger partial charge in [-0.3, -0.25) is 5.01 Å². The van der Waals surface area contributed by atoms with Gasteiger partial charge in [0.1, 0.15) is 0 Å². The maximum Gasteiger partial charge on any atom is 0.0949 e. The van der Waals surface area contributed by atoms with Crippen LogP contribution in [0.1, 0.15) is 83.5 Å². The van der Waals surface area contributed by atoms with Gasteiger partial charge >= 0.3 is 0 Å². The van der Waals surface area contributed by atoms with E-state index in [9.17, 15) is 0 Å². The smallest absolute Gasteiger partial charge is 0.0949 e. The molecule has 3 aliphatic carbocycles. The molecule has 23 heavy (non-hydrogen) atoms. The highest BCUT2D eigenvalue weighted by Crippen LogP contribution is 2.36. The Balaban J connectivity index is 1.21. The van der Waals surface area contributed by atoms with Gasteiger partial charge in [0.15, 0.2) is 0 Å². The molecule has 1 heterocycles. The van der Waals surface area contributed by atoms with Gasteiger partial charge in [-0.1, -0.05) is 37.3 Å². The molecule has 3 fully saturated rings. The third-order valence-corrected chi connectivity index (χ3v) is 6.83. The van der Waals surface area contributed by atoms with Crippen LogP contribution in [0.5, 0.6) is 0 Å². The molecule has 0 bridgehead atoms. The quantitative estimate of drug-likeness (QED) is 0.831. The van der Waals surface area contributed by atoms with E-state index >= 15 is 0 Å². The molecule has 130 valence electrons. The minimum atomic E-state index is 0.519. The fraction of sp³-hybridized carbons (Fsp3) is 1.00. The van der Waals surface area contributed by atoms with E-state index in [2.05, 4.69) is 20.7 Å². The van der Waals surface area contributed by atoms with Crippen molar-refractivity contribution in [3.63, 3.8) is 0 Å². The van der Waals surface area contributed by atoms with E-state index in [-0.39, 0.29) is 0 Å². The predicted molar refractivity (Wildman–Crippen MR) is 93.4 cm³/mol. The summed E-state index contributed by atoms with van der Waals surface area (Å²) in [5.41, 5.74) is 0. The van der Waals surface area contributed by atoms with E-state index in [0.717, 1.165) is 12.0 Å². The van der Waals surface area contributed by atoms with Gasteiger partial charge in [0.25, 0.3) is 0 Å². The lowest BCUT2D eigenvalue weighted by molar-refractivity contribution is 0.0937. The first-order valence-corrected chi connectivity index (χ1v) is 10.3. The van der Waals surface area contributed by atoms with Gasteiger partial charge in [-0.05, 0) is 63.8 Å². The molecule has 0 spiro atoms. The van der Waals surface area contributed by atoms with Crippen molar-refractivity contribution in [1.29, 1.82) is 0 Å². The first-order valence-electron chi connectivity index (χ1n) is 10.3. The average molecular weight is 319 g/mol. The molecule has 3 saturated carbocycles. The highest BCUT2D eigenvalue weighted by Gasteiger charge is 2.39. The van der Waals surface area contributed by atoms with Gasteiger partial charge in [-0.25, -0.2) is 0 Å². The summed E-state index contributed by atoms with van der Waals surface area (Å²) in [6.07, 6.45) is 17.9. The topological polar surface area (TPSA) is 40.0 Å². The van der Waals surface area contributed by atoms with Crippen molar-refractivity contribution in [2.45, 2.75) is 108 Å². The molecule has 0 saturated heterocycles. The van der Waals surface area contributed by atoms with Crippen LogP contribution in [0, 0.1) is 5.92 Å². The molecule has 0 aromatic heterocycles. The van der Waals surface area contributed by atoms with Crippen LogP contribution >= 0.6 is 0 Å². The molecular formula is C19H34N4. The second-order valence-corrected chi connectivity index (χ2v) is 8.42. The SMILES string of the molecule is C1CCC(CNC2CCC(N3N=NC4CCCCC43)CC2)CC1. The van der Waals surface area contributed by atoms with Crippen molar-refractivity contribution in [3.8, 4) is 0 Å². The lowest BCUT2D eigenvalue weighted by Gasteiger charge is -2.38. The molecule has 4 nitrogen and oxygen atoms in total. The fourth-order valence-corrected chi connectivity index (χ4v) is 5.34. The highest BCUT2D eigenvalue weighted by molar-refractivity contribution is 4.94. The number of fused-ring (bicyclic) bond motifs is 1. The molecule has 0 radical (unpaired) electrons. The molecule has 4 aliphatic rings. The van der Waals surface area contributed by atoms with E-state index in [0.29, 0.717) is 18.1 Å². The molecular weight excluding hydrogens is 284 g/mol. The Morgan fingerprint density at radius 1 is 0.783 bits per heavy atom. The van der Waals surface area contributed by atoms with Crippen LogP contribution in [-0.4, -0.2) is 35.7 Å². The Labute approximate surface area is 141 Å². The van der Waals surface area contributed by atoms with E-state index in [1.54, 1.807) is 0 Å². The van der Waals surface area contributed by atoms with Gasteiger partial charge < -0.3 is 5.32 Å². The normalized spacial score (nSPS) is 38.7. The summed E-state index contributed by atoms with van der Waals surface area (Å²) < 4.78 is 0. The Hall–Kier alpha value is -0.640. The summed E-state index contributed by atoms with van der Waals surface area (Å²) in [5.74, 6) is 0.955. The predicted octanol–water partition coefficient (Wildman–Crippen LogP) is 4.46.